The van der Waals surface area contributed by atoms with Gasteiger partial charge < -0.3 is 14.4 Å². The number of thiazole rings is 1. The predicted molar refractivity (Wildman–Crippen MR) is 149 cm³/mol. The summed E-state index contributed by atoms with van der Waals surface area (Å²) in [7, 11) is -4.40. The molecule has 1 aromatic heterocycles. The predicted octanol–water partition coefficient (Wildman–Crippen LogP) is 2.74. The molecule has 13 heteroatoms. The molecule has 3 aromatic rings. The molecule has 1 fully saturated rings. The highest BCUT2D eigenvalue weighted by Gasteiger charge is 2.32. The smallest absolute Gasteiger partial charge is 0.243 e. The van der Waals surface area contributed by atoms with Crippen molar-refractivity contribution in [3.63, 3.8) is 0 Å². The zero-order chi connectivity index (χ0) is 27.5. The van der Waals surface area contributed by atoms with Crippen LogP contribution in [-0.2, 0) is 26.5 Å². The number of rotatable bonds is 10. The summed E-state index contributed by atoms with van der Waals surface area (Å²) in [5.74, 6) is 0.662. The number of aromatic nitrogens is 1. The van der Waals surface area contributed by atoms with Gasteiger partial charge in [0.25, 0.3) is 0 Å². The fourth-order valence-electron chi connectivity index (χ4n) is 4.23. The van der Waals surface area contributed by atoms with Crippen LogP contribution in [0.2, 0.25) is 0 Å². The van der Waals surface area contributed by atoms with Crippen molar-refractivity contribution < 1.29 is 26.3 Å². The van der Waals surface area contributed by atoms with Gasteiger partial charge in [-0.1, -0.05) is 29.8 Å². The molecule has 0 amide bonds. The van der Waals surface area contributed by atoms with E-state index in [1.54, 1.807) is 17.4 Å². The van der Waals surface area contributed by atoms with Crippen molar-refractivity contribution in [2.24, 2.45) is 0 Å². The molecule has 0 bridgehead atoms. The zero-order valence-electron chi connectivity index (χ0n) is 21.8. The van der Waals surface area contributed by atoms with Crippen molar-refractivity contribution in [1.29, 1.82) is 0 Å². The standard InChI is InChI=1S/C25H32N4O6S3/c1-18-5-7-19(8-6-18)21-17-36-25(27-21)28-11-13-29(14-12-28)38(32,33)24-16-23(35-3)22(34-2)15-20(24)9-10-26-37(4,30)31/h5-8,15-17,26H,9-14H2,1-4H3. The highest BCUT2D eigenvalue weighted by Crippen LogP contribution is 2.35. The normalized spacial score (nSPS) is 15.0. The summed E-state index contributed by atoms with van der Waals surface area (Å²) < 4.78 is 65.1. The minimum absolute atomic E-state index is 0.0535. The van der Waals surface area contributed by atoms with Gasteiger partial charge in [0.2, 0.25) is 20.0 Å². The SMILES string of the molecule is COc1cc(CCNS(C)(=O)=O)c(S(=O)(=O)N2CCN(c3nc(-c4ccc(C)cc4)cs3)CC2)cc1OC. The Morgan fingerprint density at radius 1 is 0.974 bits per heavy atom. The number of nitrogens with zero attached hydrogens (tertiary/aromatic N) is 3. The second kappa shape index (κ2) is 11.6. The molecule has 0 aliphatic carbocycles. The third-order valence-electron chi connectivity index (χ3n) is 6.29. The van der Waals surface area contributed by atoms with Gasteiger partial charge in [-0.3, -0.25) is 0 Å². The number of hydrogen-bond acceptors (Lipinski definition) is 9. The highest BCUT2D eigenvalue weighted by molar-refractivity contribution is 7.89. The van der Waals surface area contributed by atoms with E-state index in [4.69, 9.17) is 14.5 Å². The zero-order valence-corrected chi connectivity index (χ0v) is 24.2. The summed E-state index contributed by atoms with van der Waals surface area (Å²) in [4.78, 5) is 6.95. The molecule has 0 saturated carbocycles. The van der Waals surface area contributed by atoms with Gasteiger partial charge in [0, 0.05) is 49.7 Å². The number of methoxy groups -OCH3 is 2. The molecule has 1 aliphatic rings. The van der Waals surface area contributed by atoms with Crippen molar-refractivity contribution in [3.05, 3.63) is 52.9 Å². The Kier molecular flexibility index (Phi) is 8.62. The van der Waals surface area contributed by atoms with E-state index in [9.17, 15) is 16.8 Å². The molecule has 0 spiro atoms. The summed E-state index contributed by atoms with van der Waals surface area (Å²) in [5.41, 5.74) is 3.58. The first-order chi connectivity index (χ1) is 18.0. The van der Waals surface area contributed by atoms with Gasteiger partial charge in [-0.25, -0.2) is 26.5 Å². The highest BCUT2D eigenvalue weighted by atomic mass is 32.2. The second-order valence-electron chi connectivity index (χ2n) is 9.00. The van der Waals surface area contributed by atoms with Crippen molar-refractivity contribution >= 4 is 36.5 Å². The van der Waals surface area contributed by atoms with E-state index in [2.05, 4.69) is 21.8 Å². The third-order valence-corrected chi connectivity index (χ3v) is 9.90. The van der Waals surface area contributed by atoms with Crippen LogP contribution in [0.5, 0.6) is 11.5 Å². The Bertz CT molecular complexity index is 1480. The monoisotopic (exact) mass is 580 g/mol. The first-order valence-electron chi connectivity index (χ1n) is 12.0. The lowest BCUT2D eigenvalue weighted by atomic mass is 10.1. The van der Waals surface area contributed by atoms with Gasteiger partial charge in [-0.2, -0.15) is 4.31 Å². The number of piperazine rings is 1. The van der Waals surface area contributed by atoms with E-state index in [-0.39, 0.29) is 36.7 Å². The third kappa shape index (κ3) is 6.46. The van der Waals surface area contributed by atoms with Crippen LogP contribution in [0.15, 0.2) is 46.7 Å². The molecule has 4 rings (SSSR count). The Morgan fingerprint density at radius 3 is 2.21 bits per heavy atom. The first kappa shape index (κ1) is 28.3. The number of ether oxygens (including phenoxy) is 2. The van der Waals surface area contributed by atoms with Gasteiger partial charge in [0.1, 0.15) is 0 Å². The molecule has 38 heavy (non-hydrogen) atoms. The minimum atomic E-state index is -3.89. The summed E-state index contributed by atoms with van der Waals surface area (Å²) in [5, 5.41) is 2.88. The van der Waals surface area contributed by atoms with Gasteiger partial charge in [0.15, 0.2) is 16.6 Å². The topological polar surface area (TPSA) is 118 Å². The molecule has 1 N–H and O–H groups in total. The lowest BCUT2D eigenvalue weighted by Crippen LogP contribution is -2.48. The van der Waals surface area contributed by atoms with E-state index < -0.39 is 20.0 Å². The van der Waals surface area contributed by atoms with Crippen LogP contribution in [0.4, 0.5) is 5.13 Å². The quantitative estimate of drug-likeness (QED) is 0.389. The van der Waals surface area contributed by atoms with Gasteiger partial charge >= 0.3 is 0 Å². The van der Waals surface area contributed by atoms with Crippen LogP contribution < -0.4 is 19.1 Å². The van der Waals surface area contributed by atoms with Crippen molar-refractivity contribution in [2.45, 2.75) is 18.2 Å². The van der Waals surface area contributed by atoms with E-state index in [1.165, 1.54) is 30.2 Å². The van der Waals surface area contributed by atoms with Crippen molar-refractivity contribution in [1.82, 2.24) is 14.0 Å². The Hall–Kier alpha value is -2.71. The van der Waals surface area contributed by atoms with Crippen molar-refractivity contribution in [2.75, 3.05) is 58.1 Å². The molecule has 2 heterocycles. The van der Waals surface area contributed by atoms with Crippen LogP contribution >= 0.6 is 11.3 Å². The molecular weight excluding hydrogens is 548 g/mol. The largest absolute Gasteiger partial charge is 0.493 e. The van der Waals surface area contributed by atoms with Crippen LogP contribution in [0.1, 0.15) is 11.1 Å². The molecule has 10 nitrogen and oxygen atoms in total. The Balaban J connectivity index is 1.52. The van der Waals surface area contributed by atoms with Crippen LogP contribution in [0.3, 0.4) is 0 Å². The molecule has 0 atom stereocenters. The van der Waals surface area contributed by atoms with E-state index in [0.717, 1.165) is 22.6 Å². The van der Waals surface area contributed by atoms with E-state index in [0.29, 0.717) is 24.4 Å². The maximum Gasteiger partial charge on any atom is 0.243 e. The van der Waals surface area contributed by atoms with Crippen LogP contribution in [0.25, 0.3) is 11.3 Å². The van der Waals surface area contributed by atoms with Crippen LogP contribution in [0, 0.1) is 6.92 Å². The molecule has 1 aliphatic heterocycles. The number of sulfonamides is 2. The summed E-state index contributed by atoms with van der Waals surface area (Å²) in [6, 6.07) is 11.2. The number of aryl methyl sites for hydroxylation is 1. The van der Waals surface area contributed by atoms with E-state index >= 15 is 0 Å². The molecule has 0 unspecified atom stereocenters. The number of hydrogen-bond donors (Lipinski definition) is 1. The van der Waals surface area contributed by atoms with Gasteiger partial charge in [-0.05, 0) is 25.0 Å². The summed E-state index contributed by atoms with van der Waals surface area (Å²) in [6.45, 7) is 3.67. The molecule has 0 radical (unpaired) electrons. The second-order valence-corrected chi connectivity index (χ2v) is 13.6. The summed E-state index contributed by atoms with van der Waals surface area (Å²) in [6.07, 6.45) is 1.23. The fraction of sp³-hybridized carbons (Fsp3) is 0.400. The minimum Gasteiger partial charge on any atom is -0.493 e. The van der Waals surface area contributed by atoms with Gasteiger partial charge in [0.05, 0.1) is 31.1 Å². The average molecular weight is 581 g/mol. The number of nitrogens with one attached hydrogen (secondary N) is 1. The van der Waals surface area contributed by atoms with Crippen LogP contribution in [-0.4, -0.2) is 79.3 Å². The lowest BCUT2D eigenvalue weighted by molar-refractivity contribution is 0.352. The Morgan fingerprint density at radius 2 is 1.61 bits per heavy atom. The van der Waals surface area contributed by atoms with Crippen molar-refractivity contribution in [3.8, 4) is 22.8 Å². The molecular formula is C25H32N4O6S3. The lowest BCUT2D eigenvalue weighted by Gasteiger charge is -2.34. The fourth-order valence-corrected chi connectivity index (χ4v) is 7.27. The molecule has 1 saturated heterocycles. The number of anilines is 1. The maximum absolute atomic E-state index is 13.8. The number of benzene rings is 2. The van der Waals surface area contributed by atoms with Gasteiger partial charge in [-0.15, -0.1) is 11.3 Å². The van der Waals surface area contributed by atoms with E-state index in [1.807, 2.05) is 24.4 Å². The first-order valence-corrected chi connectivity index (χ1v) is 16.2. The Labute approximate surface area is 228 Å². The summed E-state index contributed by atoms with van der Waals surface area (Å²) >= 11 is 1.54. The maximum atomic E-state index is 13.8. The average Bonchev–Trinajstić information content (AvgIpc) is 3.38. The molecule has 206 valence electrons. The molecule has 2 aromatic carbocycles.